The number of imide groups is 1. The molecule has 1 saturated heterocycles. The van der Waals surface area contributed by atoms with E-state index in [0.717, 1.165) is 21.5 Å². The molecule has 0 bridgehead atoms. The maximum absolute atomic E-state index is 14.0. The van der Waals surface area contributed by atoms with E-state index in [9.17, 15) is 9.59 Å². The van der Waals surface area contributed by atoms with E-state index in [1.165, 1.54) is 4.90 Å². The number of ether oxygens (including phenoxy) is 2. The molecule has 0 unspecified atom stereocenters. The average Bonchev–Trinajstić information content (AvgIpc) is 3.25. The van der Waals surface area contributed by atoms with Gasteiger partial charge < -0.3 is 13.9 Å². The minimum absolute atomic E-state index is 0.0659. The van der Waals surface area contributed by atoms with Crippen LogP contribution in [0.5, 0.6) is 5.75 Å². The van der Waals surface area contributed by atoms with E-state index in [0.29, 0.717) is 5.75 Å². The fraction of sp³-hybridized carbons (Fsp3) is 0.278. The highest BCUT2D eigenvalue weighted by Crippen LogP contribution is 2.38. The molecule has 0 radical (unpaired) electrons. The summed E-state index contributed by atoms with van der Waals surface area (Å²) in [6, 6.07) is 37.7. The van der Waals surface area contributed by atoms with E-state index >= 15 is 0 Å². The first-order chi connectivity index (χ1) is 20.7. The van der Waals surface area contributed by atoms with E-state index in [4.69, 9.17) is 13.9 Å². The van der Waals surface area contributed by atoms with Crippen LogP contribution >= 0.6 is 0 Å². The minimum Gasteiger partial charge on any atom is -0.497 e. The second-order valence-electron chi connectivity index (χ2n) is 11.9. The number of hydrogen-bond donors (Lipinski definition) is 0. The number of benzene rings is 4. The minimum atomic E-state index is -2.94. The Morgan fingerprint density at radius 2 is 1.23 bits per heavy atom. The van der Waals surface area contributed by atoms with Crippen molar-refractivity contribution in [3.05, 3.63) is 126 Å². The first-order valence-corrected chi connectivity index (χ1v) is 16.5. The highest BCUT2D eigenvalue weighted by atomic mass is 28.4. The zero-order chi connectivity index (χ0) is 30.5. The fourth-order valence-corrected chi connectivity index (χ4v) is 10.5. The van der Waals surface area contributed by atoms with Crippen LogP contribution in [0.25, 0.3) is 0 Å². The number of nitrogens with zero attached hydrogens (tertiary/aromatic N) is 1. The molecule has 1 heterocycles. The van der Waals surface area contributed by atoms with Gasteiger partial charge in [-0.25, -0.2) is 0 Å². The molecule has 1 aliphatic heterocycles. The Morgan fingerprint density at radius 3 is 1.74 bits per heavy atom. The van der Waals surface area contributed by atoms with Gasteiger partial charge in [0.05, 0.1) is 26.2 Å². The molecule has 1 aliphatic rings. The van der Waals surface area contributed by atoms with Crippen molar-refractivity contribution in [3.8, 4) is 5.75 Å². The van der Waals surface area contributed by atoms with Crippen LogP contribution < -0.4 is 15.1 Å². The predicted octanol–water partition coefficient (Wildman–Crippen LogP) is 5.34. The van der Waals surface area contributed by atoms with Gasteiger partial charge in [0, 0.05) is 6.61 Å². The highest BCUT2D eigenvalue weighted by Gasteiger charge is 2.54. The molecule has 7 heteroatoms. The Morgan fingerprint density at radius 1 is 0.698 bits per heavy atom. The second-order valence-corrected chi connectivity index (χ2v) is 16.2. The molecule has 0 N–H and O–H groups in total. The molecule has 0 spiro atoms. The summed E-state index contributed by atoms with van der Waals surface area (Å²) < 4.78 is 18.7. The molecule has 1 fully saturated rings. The first kappa shape index (κ1) is 30.4. The maximum Gasteiger partial charge on any atom is 0.261 e. The van der Waals surface area contributed by atoms with Crippen LogP contribution in [-0.2, 0) is 31.9 Å². The van der Waals surface area contributed by atoms with Crippen molar-refractivity contribution < 1.29 is 23.5 Å². The summed E-state index contributed by atoms with van der Waals surface area (Å²) in [4.78, 5) is 29.2. The molecule has 6 nitrogen and oxygen atoms in total. The third kappa shape index (κ3) is 6.34. The van der Waals surface area contributed by atoms with Crippen LogP contribution in [0.15, 0.2) is 115 Å². The van der Waals surface area contributed by atoms with Crippen molar-refractivity contribution in [1.29, 1.82) is 0 Å². The van der Waals surface area contributed by atoms with Gasteiger partial charge in [0.25, 0.3) is 14.2 Å². The average molecular weight is 594 g/mol. The van der Waals surface area contributed by atoms with Crippen molar-refractivity contribution >= 4 is 30.5 Å². The standard InChI is InChI=1S/C36H39NO5Si/c1-36(2,3)43(30-16-10-6-11-17-30,31-18-12-7-13-19-31)42-26-32-33(41-25-28-14-8-5-9-15-28)35(39)37(34(32)38)24-27-20-22-29(40-4)23-21-27/h5-23,32-33H,24-26H2,1-4H3/t32-,33-/m0/s1. The summed E-state index contributed by atoms with van der Waals surface area (Å²) in [5.41, 5.74) is 1.76. The topological polar surface area (TPSA) is 65.1 Å². The van der Waals surface area contributed by atoms with Gasteiger partial charge >= 0.3 is 0 Å². The Hall–Kier alpha value is -4.04. The number of carbonyl (C=O) groups excluding carboxylic acids is 2. The number of rotatable bonds is 11. The molecule has 0 aliphatic carbocycles. The molecule has 0 saturated carbocycles. The number of methoxy groups -OCH3 is 1. The quantitative estimate of drug-likeness (QED) is 0.174. The zero-order valence-corrected chi connectivity index (χ0v) is 26.2. The van der Waals surface area contributed by atoms with Gasteiger partial charge in [0.15, 0.2) is 6.10 Å². The molecule has 222 valence electrons. The summed E-state index contributed by atoms with van der Waals surface area (Å²) in [6.07, 6.45) is -0.954. The Balaban J connectivity index is 1.49. The highest BCUT2D eigenvalue weighted by molar-refractivity contribution is 6.99. The number of amides is 2. The van der Waals surface area contributed by atoms with E-state index in [2.05, 4.69) is 45.0 Å². The molecule has 4 aromatic rings. The lowest BCUT2D eigenvalue weighted by atomic mass is 10.1. The van der Waals surface area contributed by atoms with Gasteiger partial charge in [-0.3, -0.25) is 14.5 Å². The molecular weight excluding hydrogens is 554 g/mol. The zero-order valence-electron chi connectivity index (χ0n) is 25.2. The van der Waals surface area contributed by atoms with Gasteiger partial charge in [0.2, 0.25) is 5.91 Å². The first-order valence-electron chi connectivity index (χ1n) is 14.6. The van der Waals surface area contributed by atoms with Crippen molar-refractivity contribution in [2.75, 3.05) is 13.7 Å². The molecule has 5 rings (SSSR count). The van der Waals surface area contributed by atoms with Gasteiger partial charge in [-0.15, -0.1) is 0 Å². The molecular formula is C36H39NO5Si. The lowest BCUT2D eigenvalue weighted by molar-refractivity contribution is -0.143. The monoisotopic (exact) mass is 593 g/mol. The normalized spacial score (nSPS) is 17.3. The van der Waals surface area contributed by atoms with Crippen LogP contribution in [0.4, 0.5) is 0 Å². The lowest BCUT2D eigenvalue weighted by Crippen LogP contribution is -2.67. The van der Waals surface area contributed by atoms with E-state index < -0.39 is 20.3 Å². The Labute approximate surface area is 255 Å². The summed E-state index contributed by atoms with van der Waals surface area (Å²) in [5.74, 6) is -0.691. The van der Waals surface area contributed by atoms with E-state index in [1.807, 2.05) is 91.0 Å². The molecule has 2 atom stereocenters. The second kappa shape index (κ2) is 13.1. The van der Waals surface area contributed by atoms with Crippen LogP contribution in [0.2, 0.25) is 5.04 Å². The molecule has 2 amide bonds. The summed E-state index contributed by atoms with van der Waals surface area (Å²) in [7, 11) is -1.34. The van der Waals surface area contributed by atoms with Crippen LogP contribution in [0, 0.1) is 5.92 Å². The smallest absolute Gasteiger partial charge is 0.261 e. The maximum atomic E-state index is 14.0. The summed E-state index contributed by atoms with van der Waals surface area (Å²) >= 11 is 0. The fourth-order valence-electron chi connectivity index (χ4n) is 5.92. The lowest BCUT2D eigenvalue weighted by Gasteiger charge is -2.43. The van der Waals surface area contributed by atoms with Gasteiger partial charge in [-0.1, -0.05) is 124 Å². The summed E-state index contributed by atoms with van der Waals surface area (Å²) in [6.45, 7) is 7.02. The van der Waals surface area contributed by atoms with Crippen LogP contribution in [-0.4, -0.2) is 44.9 Å². The van der Waals surface area contributed by atoms with Crippen molar-refractivity contribution in [2.24, 2.45) is 5.92 Å². The molecule has 4 aromatic carbocycles. The van der Waals surface area contributed by atoms with Crippen molar-refractivity contribution in [3.63, 3.8) is 0 Å². The number of carbonyl (C=O) groups is 2. The predicted molar refractivity (Wildman–Crippen MR) is 171 cm³/mol. The van der Waals surface area contributed by atoms with Crippen LogP contribution in [0.1, 0.15) is 31.9 Å². The third-order valence-corrected chi connectivity index (χ3v) is 13.1. The Bertz CT molecular complexity index is 1470. The van der Waals surface area contributed by atoms with Gasteiger partial charge in [-0.05, 0) is 38.7 Å². The number of likely N-dealkylation sites (tertiary alicyclic amines) is 1. The molecule has 0 aromatic heterocycles. The van der Waals surface area contributed by atoms with Crippen LogP contribution in [0.3, 0.4) is 0 Å². The SMILES string of the molecule is COc1ccc(CN2C(=O)[C@@H](CO[Si](c3ccccc3)(c3ccccc3)C(C)(C)C)[C@H](OCc3ccccc3)C2=O)cc1. The van der Waals surface area contributed by atoms with Crippen molar-refractivity contribution in [2.45, 2.75) is 45.1 Å². The number of hydrogen-bond acceptors (Lipinski definition) is 5. The Kier molecular flexibility index (Phi) is 9.25. The third-order valence-electron chi connectivity index (χ3n) is 8.13. The van der Waals surface area contributed by atoms with Gasteiger partial charge in [0.1, 0.15) is 5.75 Å². The van der Waals surface area contributed by atoms with Crippen molar-refractivity contribution in [1.82, 2.24) is 4.90 Å². The summed E-state index contributed by atoms with van der Waals surface area (Å²) in [5, 5.41) is 1.95. The molecule has 43 heavy (non-hydrogen) atoms. The largest absolute Gasteiger partial charge is 0.497 e. The van der Waals surface area contributed by atoms with E-state index in [1.54, 1.807) is 7.11 Å². The van der Waals surface area contributed by atoms with Gasteiger partial charge in [-0.2, -0.15) is 0 Å². The van der Waals surface area contributed by atoms with E-state index in [-0.39, 0.29) is 36.6 Å².